The number of nitrogens with one attached hydrogen (secondary N) is 1. The molecule has 1 aromatic heterocycles. The molecular formula is C28H36N2O5. The van der Waals surface area contributed by atoms with Crippen LogP contribution in [0, 0.1) is 0 Å². The van der Waals surface area contributed by atoms with Crippen LogP contribution in [0.4, 0.5) is 0 Å². The minimum atomic E-state index is -0.640. The van der Waals surface area contributed by atoms with Crippen LogP contribution < -0.4 is 20.2 Å². The van der Waals surface area contributed by atoms with Crippen molar-refractivity contribution in [2.45, 2.75) is 38.7 Å². The average molecular weight is 481 g/mol. The predicted octanol–water partition coefficient (Wildman–Crippen LogP) is 3.80. The van der Waals surface area contributed by atoms with Gasteiger partial charge in [-0.3, -0.25) is 9.69 Å². The van der Waals surface area contributed by atoms with Crippen molar-refractivity contribution in [3.05, 3.63) is 58.4 Å². The van der Waals surface area contributed by atoms with Gasteiger partial charge in [-0.15, -0.1) is 0 Å². The summed E-state index contributed by atoms with van der Waals surface area (Å²) in [5.41, 5.74) is 2.82. The molecule has 188 valence electrons. The third kappa shape index (κ3) is 6.04. The lowest BCUT2D eigenvalue weighted by molar-refractivity contribution is 0.0693. The fraction of sp³-hybridized carbons (Fsp3) is 0.464. The van der Waals surface area contributed by atoms with E-state index in [4.69, 9.17) is 13.9 Å². The topological polar surface area (TPSA) is 84.2 Å². The van der Waals surface area contributed by atoms with Crippen LogP contribution in [0.25, 0.3) is 22.1 Å². The van der Waals surface area contributed by atoms with Crippen molar-refractivity contribution < 1.29 is 19.0 Å². The number of aliphatic hydroxyl groups excluding tert-OH is 1. The molecule has 7 nitrogen and oxygen atoms in total. The lowest BCUT2D eigenvalue weighted by Gasteiger charge is -2.23. The first kappa shape index (κ1) is 25.2. The third-order valence-electron chi connectivity index (χ3n) is 6.45. The summed E-state index contributed by atoms with van der Waals surface area (Å²) in [6.45, 7) is 10.9. The molecule has 0 spiro atoms. The molecule has 2 N–H and O–H groups in total. The molecule has 0 radical (unpaired) electrons. The number of hydrogen-bond acceptors (Lipinski definition) is 7. The number of aliphatic hydroxyl groups is 1. The molecule has 1 saturated heterocycles. The van der Waals surface area contributed by atoms with Crippen LogP contribution in [-0.4, -0.2) is 62.6 Å². The maximum Gasteiger partial charge on any atom is 0.200 e. The Morgan fingerprint density at radius 2 is 1.89 bits per heavy atom. The predicted molar refractivity (Wildman–Crippen MR) is 139 cm³/mol. The van der Waals surface area contributed by atoms with Gasteiger partial charge in [0.15, 0.2) is 11.5 Å². The number of fused-ring (bicyclic) bond motifs is 1. The largest absolute Gasteiger partial charge is 0.493 e. The van der Waals surface area contributed by atoms with Crippen molar-refractivity contribution in [2.75, 3.05) is 46.4 Å². The van der Waals surface area contributed by atoms with E-state index in [9.17, 15) is 9.90 Å². The zero-order valence-corrected chi connectivity index (χ0v) is 21.1. The van der Waals surface area contributed by atoms with E-state index < -0.39 is 6.10 Å². The summed E-state index contributed by atoms with van der Waals surface area (Å²) in [6, 6.07) is 11.3. The zero-order valence-electron chi connectivity index (χ0n) is 21.1. The second-order valence-corrected chi connectivity index (χ2v) is 10.2. The van der Waals surface area contributed by atoms with Crippen LogP contribution in [0.1, 0.15) is 32.8 Å². The van der Waals surface area contributed by atoms with E-state index in [0.717, 1.165) is 38.2 Å². The minimum absolute atomic E-state index is 0.0359. The van der Waals surface area contributed by atoms with E-state index in [-0.39, 0.29) is 17.5 Å². The molecule has 1 unspecified atom stereocenters. The zero-order chi connectivity index (χ0) is 25.0. The van der Waals surface area contributed by atoms with Crippen LogP contribution in [0.2, 0.25) is 0 Å². The van der Waals surface area contributed by atoms with Gasteiger partial charge >= 0.3 is 0 Å². The van der Waals surface area contributed by atoms with Gasteiger partial charge in [-0.05, 0) is 42.1 Å². The number of ether oxygens (including phenoxy) is 2. The first-order valence-electron chi connectivity index (χ1n) is 12.2. The van der Waals surface area contributed by atoms with Gasteiger partial charge in [0, 0.05) is 25.7 Å². The highest BCUT2D eigenvalue weighted by atomic mass is 16.5. The number of nitrogens with zero attached hydrogens (tertiary/aromatic N) is 1. The van der Waals surface area contributed by atoms with Crippen LogP contribution in [0.3, 0.4) is 0 Å². The van der Waals surface area contributed by atoms with Crippen molar-refractivity contribution in [1.82, 2.24) is 10.2 Å². The van der Waals surface area contributed by atoms with Crippen LogP contribution in [-0.2, 0) is 5.41 Å². The lowest BCUT2D eigenvalue weighted by atomic mass is 9.86. The molecule has 1 atom stereocenters. The van der Waals surface area contributed by atoms with Crippen LogP contribution in [0.5, 0.6) is 11.5 Å². The molecule has 1 fully saturated rings. The number of β-amino-alcohol motifs (C(OH)–C–C–N with tert-alkyl or cyclic N) is 1. The lowest BCUT2D eigenvalue weighted by Crippen LogP contribution is -2.37. The minimum Gasteiger partial charge on any atom is -0.493 e. The molecule has 2 aromatic carbocycles. The Kier molecular flexibility index (Phi) is 7.79. The Balaban J connectivity index is 1.53. The van der Waals surface area contributed by atoms with Gasteiger partial charge < -0.3 is 24.3 Å². The van der Waals surface area contributed by atoms with Crippen molar-refractivity contribution >= 4 is 11.0 Å². The molecule has 1 aliphatic rings. The van der Waals surface area contributed by atoms with E-state index in [1.165, 1.54) is 18.9 Å². The molecule has 0 aliphatic carbocycles. The summed E-state index contributed by atoms with van der Waals surface area (Å²) < 4.78 is 17.2. The second-order valence-electron chi connectivity index (χ2n) is 10.2. The molecular weight excluding hydrogens is 444 g/mol. The van der Waals surface area contributed by atoms with E-state index in [2.05, 4.69) is 31.0 Å². The second kappa shape index (κ2) is 10.8. The van der Waals surface area contributed by atoms with Gasteiger partial charge in [0.25, 0.3) is 0 Å². The Morgan fingerprint density at radius 3 is 2.60 bits per heavy atom. The molecule has 7 heteroatoms. The smallest absolute Gasteiger partial charge is 0.200 e. The van der Waals surface area contributed by atoms with Crippen molar-refractivity contribution in [3.8, 4) is 22.6 Å². The van der Waals surface area contributed by atoms with Gasteiger partial charge in [0.1, 0.15) is 24.6 Å². The summed E-state index contributed by atoms with van der Waals surface area (Å²) in [4.78, 5) is 15.5. The Hall–Kier alpha value is -2.87. The molecule has 3 aromatic rings. The van der Waals surface area contributed by atoms with Gasteiger partial charge in [0.05, 0.1) is 18.1 Å². The molecule has 35 heavy (non-hydrogen) atoms. The van der Waals surface area contributed by atoms with E-state index in [0.29, 0.717) is 34.6 Å². The summed E-state index contributed by atoms with van der Waals surface area (Å²) in [7, 11) is 1.53. The molecule has 0 bridgehead atoms. The fourth-order valence-electron chi connectivity index (χ4n) is 4.38. The maximum absolute atomic E-state index is 13.3. The van der Waals surface area contributed by atoms with Crippen molar-refractivity contribution in [2.24, 2.45) is 0 Å². The van der Waals surface area contributed by atoms with Crippen LogP contribution >= 0.6 is 0 Å². The van der Waals surface area contributed by atoms with Crippen molar-refractivity contribution in [3.63, 3.8) is 0 Å². The molecule has 0 saturated carbocycles. The maximum atomic E-state index is 13.3. The summed E-state index contributed by atoms with van der Waals surface area (Å²) in [6.07, 6.45) is 1.92. The number of methoxy groups -OCH3 is 1. The average Bonchev–Trinajstić information content (AvgIpc) is 3.11. The monoisotopic (exact) mass is 480 g/mol. The summed E-state index contributed by atoms with van der Waals surface area (Å²) >= 11 is 0. The number of benzene rings is 2. The summed E-state index contributed by atoms with van der Waals surface area (Å²) in [5.74, 6) is 0.859. The molecule has 4 rings (SSSR count). The molecule has 1 aliphatic heterocycles. The SMILES string of the molecule is COc1cc2c(=O)c(-c3ccc(C(C)(C)C)cc3)coc2cc1OCC(O)CN1CCCNCC1. The number of rotatable bonds is 7. The highest BCUT2D eigenvalue weighted by Gasteiger charge is 2.18. The highest BCUT2D eigenvalue weighted by Crippen LogP contribution is 2.33. The normalized spacial score (nSPS) is 16.1. The van der Waals surface area contributed by atoms with Crippen LogP contribution in [0.15, 0.2) is 51.9 Å². The fourth-order valence-corrected chi connectivity index (χ4v) is 4.38. The standard InChI is InChI=1S/C28H36N2O5/c1-28(2,3)20-8-6-19(7-9-20)23-18-35-24-15-26(25(33-4)14-22(24)27(23)32)34-17-21(31)16-30-12-5-10-29-11-13-30/h6-9,14-15,18,21,29,31H,5,10-13,16-17H2,1-4H3. The highest BCUT2D eigenvalue weighted by molar-refractivity contribution is 5.84. The van der Waals surface area contributed by atoms with Gasteiger partial charge in [-0.2, -0.15) is 0 Å². The molecule has 2 heterocycles. The first-order chi connectivity index (χ1) is 16.8. The van der Waals surface area contributed by atoms with E-state index in [1.807, 2.05) is 24.3 Å². The first-order valence-corrected chi connectivity index (χ1v) is 12.2. The Bertz CT molecular complexity index is 1190. The van der Waals surface area contributed by atoms with Gasteiger partial charge in [-0.25, -0.2) is 0 Å². The third-order valence-corrected chi connectivity index (χ3v) is 6.45. The molecule has 0 amide bonds. The van der Waals surface area contributed by atoms with Gasteiger partial charge in [0.2, 0.25) is 5.43 Å². The Morgan fingerprint density at radius 1 is 1.11 bits per heavy atom. The van der Waals surface area contributed by atoms with E-state index in [1.54, 1.807) is 12.1 Å². The number of hydrogen-bond donors (Lipinski definition) is 2. The van der Waals surface area contributed by atoms with Crippen molar-refractivity contribution in [1.29, 1.82) is 0 Å². The summed E-state index contributed by atoms with van der Waals surface area (Å²) in [5, 5.41) is 14.3. The van der Waals surface area contributed by atoms with E-state index >= 15 is 0 Å². The quantitative estimate of drug-likeness (QED) is 0.532. The van der Waals surface area contributed by atoms with Gasteiger partial charge in [-0.1, -0.05) is 45.0 Å². The Labute approximate surface area is 206 Å².